The van der Waals surface area contributed by atoms with Gasteiger partial charge in [-0.25, -0.2) is 0 Å². The van der Waals surface area contributed by atoms with Crippen molar-refractivity contribution in [3.05, 3.63) is 237 Å². The highest BCUT2D eigenvalue weighted by atomic mass is 15.2. The third-order valence-corrected chi connectivity index (χ3v) is 13.4. The maximum absolute atomic E-state index is 5.03. The van der Waals surface area contributed by atoms with Crippen LogP contribution in [0.4, 0.5) is 0 Å². The van der Waals surface area contributed by atoms with Gasteiger partial charge in [-0.1, -0.05) is 164 Å². The van der Waals surface area contributed by atoms with E-state index in [1.165, 1.54) is 83.6 Å². The van der Waals surface area contributed by atoms with Crippen LogP contribution in [0.2, 0.25) is 0 Å². The molecule has 2 unspecified atom stereocenters. The molecule has 5 aromatic rings. The first-order valence-electron chi connectivity index (χ1n) is 20.5. The van der Waals surface area contributed by atoms with E-state index in [1.54, 1.807) is 5.57 Å². The molecule has 0 radical (unpaired) electrons. The summed E-state index contributed by atoms with van der Waals surface area (Å²) in [6, 6.07) is 45.1. The van der Waals surface area contributed by atoms with E-state index in [4.69, 9.17) is 6.58 Å². The number of hydrogen-bond donors (Lipinski definition) is 2. The van der Waals surface area contributed by atoms with Gasteiger partial charge in [-0.05, 0) is 135 Å². The van der Waals surface area contributed by atoms with Gasteiger partial charge in [0.2, 0.25) is 0 Å². The molecule has 0 aromatic heterocycles. The molecule has 1 aliphatic heterocycles. The third-order valence-electron chi connectivity index (χ3n) is 13.4. The number of rotatable bonds is 4. The second kappa shape index (κ2) is 13.4. The molecule has 0 saturated carbocycles. The van der Waals surface area contributed by atoms with Crippen molar-refractivity contribution in [2.24, 2.45) is 0 Å². The first-order valence-corrected chi connectivity index (χ1v) is 20.5. The van der Waals surface area contributed by atoms with Crippen molar-refractivity contribution in [2.75, 3.05) is 0 Å². The van der Waals surface area contributed by atoms with E-state index in [9.17, 15) is 0 Å². The summed E-state index contributed by atoms with van der Waals surface area (Å²) in [5.74, 6) is 0. The molecule has 5 aromatic carbocycles. The predicted molar refractivity (Wildman–Crippen MR) is 232 cm³/mol. The Kier molecular flexibility index (Phi) is 7.96. The molecule has 2 heteroatoms. The molecule has 2 N–H and O–H groups in total. The summed E-state index contributed by atoms with van der Waals surface area (Å²) in [4.78, 5) is 0. The second-order valence-corrected chi connectivity index (χ2v) is 16.3. The lowest BCUT2D eigenvalue weighted by atomic mass is 9.66. The normalized spacial score (nSPS) is 22.5. The van der Waals surface area contributed by atoms with Gasteiger partial charge in [-0.2, -0.15) is 0 Å². The van der Waals surface area contributed by atoms with Gasteiger partial charge in [-0.15, -0.1) is 0 Å². The van der Waals surface area contributed by atoms with Crippen LogP contribution >= 0.6 is 0 Å². The van der Waals surface area contributed by atoms with E-state index in [-0.39, 0.29) is 12.2 Å². The second-order valence-electron chi connectivity index (χ2n) is 16.3. The molecular weight excluding hydrogens is 677 g/mol. The lowest BCUT2D eigenvalue weighted by Gasteiger charge is -2.37. The maximum atomic E-state index is 5.03. The van der Waals surface area contributed by atoms with Crippen LogP contribution in [0.3, 0.4) is 0 Å². The lowest BCUT2D eigenvalue weighted by molar-refractivity contribution is 0.438. The van der Waals surface area contributed by atoms with Gasteiger partial charge in [0.25, 0.3) is 0 Å². The topological polar surface area (TPSA) is 24.1 Å². The minimum absolute atomic E-state index is 0.0488. The van der Waals surface area contributed by atoms with Gasteiger partial charge in [0.1, 0.15) is 6.17 Å². The van der Waals surface area contributed by atoms with Gasteiger partial charge in [0, 0.05) is 5.70 Å². The first-order chi connectivity index (χ1) is 27.7. The van der Waals surface area contributed by atoms with E-state index in [0.29, 0.717) is 0 Å². The van der Waals surface area contributed by atoms with Crippen molar-refractivity contribution in [2.45, 2.75) is 62.6 Å². The molecule has 56 heavy (non-hydrogen) atoms. The first kappa shape index (κ1) is 33.4. The van der Waals surface area contributed by atoms with E-state index in [0.717, 1.165) is 50.5 Å². The largest absolute Gasteiger partial charge is 0.366 e. The van der Waals surface area contributed by atoms with Crippen LogP contribution in [-0.4, -0.2) is 6.17 Å². The number of benzene rings is 5. The van der Waals surface area contributed by atoms with Crippen LogP contribution in [0.5, 0.6) is 0 Å². The van der Waals surface area contributed by atoms with Crippen molar-refractivity contribution < 1.29 is 0 Å². The van der Waals surface area contributed by atoms with Crippen molar-refractivity contribution in [3.63, 3.8) is 0 Å². The fourth-order valence-corrected chi connectivity index (χ4v) is 10.8. The van der Waals surface area contributed by atoms with Gasteiger partial charge in [0.05, 0.1) is 11.5 Å². The zero-order chi connectivity index (χ0) is 37.2. The van der Waals surface area contributed by atoms with Crippen molar-refractivity contribution in [3.8, 4) is 11.1 Å². The smallest absolute Gasteiger partial charge is 0.100 e. The molecule has 0 fully saturated rings. The van der Waals surface area contributed by atoms with Crippen LogP contribution in [0, 0.1) is 0 Å². The highest BCUT2D eigenvalue weighted by Crippen LogP contribution is 2.57. The van der Waals surface area contributed by atoms with E-state index < -0.39 is 5.41 Å². The van der Waals surface area contributed by atoms with Gasteiger partial charge in [-0.3, -0.25) is 5.32 Å². The van der Waals surface area contributed by atoms with E-state index in [1.807, 2.05) is 0 Å². The number of nitrogens with one attached hydrogen (secondary N) is 2. The Morgan fingerprint density at radius 3 is 2.09 bits per heavy atom. The molecule has 1 spiro atoms. The SMILES string of the molecule is C=C1/C=C(/C2NC(C3=CC=C(c4cccc5c4CC4=C5C=CC4)CC3)=CC(c3ccccc3)N2)CCCc2ccccc2C12c1ccccc1-c1ccccc12. The van der Waals surface area contributed by atoms with Crippen LogP contribution < -0.4 is 10.6 Å². The highest BCUT2D eigenvalue weighted by Gasteiger charge is 2.47. The third kappa shape index (κ3) is 5.20. The predicted octanol–water partition coefficient (Wildman–Crippen LogP) is 12.0. The summed E-state index contributed by atoms with van der Waals surface area (Å²) in [5.41, 5.74) is 22.9. The maximum Gasteiger partial charge on any atom is 0.100 e. The molecule has 11 rings (SSSR count). The number of allylic oxidation sites excluding steroid dienone is 10. The molecule has 0 saturated heterocycles. The monoisotopic (exact) mass is 722 g/mol. The zero-order valence-electron chi connectivity index (χ0n) is 31.8. The molecular formula is C54H46N2. The minimum atomic E-state index is -0.470. The van der Waals surface area contributed by atoms with Crippen LogP contribution in [0.25, 0.3) is 22.3 Å². The molecule has 6 aliphatic rings. The summed E-state index contributed by atoms with van der Waals surface area (Å²) in [5, 5.41) is 8.14. The van der Waals surface area contributed by atoms with Crippen molar-refractivity contribution in [1.29, 1.82) is 0 Å². The molecule has 1 heterocycles. The highest BCUT2D eigenvalue weighted by molar-refractivity contribution is 5.89. The fourth-order valence-electron chi connectivity index (χ4n) is 10.8. The average molecular weight is 723 g/mol. The summed E-state index contributed by atoms with van der Waals surface area (Å²) in [7, 11) is 0. The fraction of sp³-hybridized carbons (Fsp3) is 0.185. The van der Waals surface area contributed by atoms with Gasteiger partial charge < -0.3 is 5.32 Å². The van der Waals surface area contributed by atoms with E-state index >= 15 is 0 Å². The molecule has 2 atom stereocenters. The molecule has 0 bridgehead atoms. The molecule has 5 aliphatic carbocycles. The molecule has 0 amide bonds. The van der Waals surface area contributed by atoms with Crippen LogP contribution in [0.1, 0.15) is 82.7 Å². The Labute approximate surface area is 331 Å². The number of hydrogen-bond acceptors (Lipinski definition) is 2. The van der Waals surface area contributed by atoms with Gasteiger partial charge >= 0.3 is 0 Å². The van der Waals surface area contributed by atoms with Crippen molar-refractivity contribution in [1.82, 2.24) is 10.6 Å². The molecule has 2 nitrogen and oxygen atoms in total. The Morgan fingerprint density at radius 1 is 0.625 bits per heavy atom. The Hall–Kier alpha value is -5.96. The number of fused-ring (bicyclic) bond motifs is 9. The van der Waals surface area contributed by atoms with Crippen LogP contribution in [0.15, 0.2) is 192 Å². The lowest BCUT2D eigenvalue weighted by Crippen LogP contribution is -2.48. The standard InChI is InChI=1S/C54H46N2/c1-35-32-41(19-11-17-37-14-5-8-25-48(37)54(35)49-26-9-6-20-45(49)46-21-7-10-27-50(46)54)53-55-51(38-15-3-2-4-16-38)34-52(56-53)39-30-28-36(29-31-39)42-23-13-24-44-43-22-12-18-40(43)33-47(42)44/h2-10,12-16,20-28,30,32,34,51,53,55-56H,1,11,17-19,29,31,33H2/b41-32+. The summed E-state index contributed by atoms with van der Waals surface area (Å²) in [6.45, 7) is 5.03. The zero-order valence-corrected chi connectivity index (χ0v) is 31.8. The Morgan fingerprint density at radius 2 is 1.30 bits per heavy atom. The average Bonchev–Trinajstić information content (AvgIpc) is 3.96. The van der Waals surface area contributed by atoms with Gasteiger partial charge in [0.15, 0.2) is 0 Å². The Bertz CT molecular complexity index is 2590. The Balaban J connectivity index is 0.986. The number of aryl methyl sites for hydroxylation is 1. The molecule has 272 valence electrons. The van der Waals surface area contributed by atoms with Crippen molar-refractivity contribution >= 4 is 11.1 Å². The van der Waals surface area contributed by atoms with Crippen LogP contribution in [-0.2, 0) is 18.3 Å². The quantitative estimate of drug-likeness (QED) is 0.193. The summed E-state index contributed by atoms with van der Waals surface area (Å²) < 4.78 is 0. The summed E-state index contributed by atoms with van der Waals surface area (Å²) in [6.07, 6.45) is 21.6. The minimum Gasteiger partial charge on any atom is -0.366 e. The van der Waals surface area contributed by atoms with E-state index in [2.05, 4.69) is 168 Å². The summed E-state index contributed by atoms with van der Waals surface area (Å²) >= 11 is 0.